The molecule has 0 fully saturated rings. The summed E-state index contributed by atoms with van der Waals surface area (Å²) in [5.41, 5.74) is 18.7. The number of nitrogens with zero attached hydrogens (tertiary/aromatic N) is 2. The zero-order valence-corrected chi connectivity index (χ0v) is 30.3. The average Bonchev–Trinajstić information content (AvgIpc) is 3.91. The first-order valence-electron chi connectivity index (χ1n) is 19.2. The standard InChI is InChI=1S/C53H32N2O/c1-2-15-33(16-3-1)47-32-48(55-52(54-47)43-26-14-25-42-40-22-7-11-30-49(40)56-51(42)43)35-18-12-17-34(31-35)36-23-13-24-41-39-21-6-10-29-46(39)53(50(36)41)44-27-8-4-19-37(44)38-20-5-9-28-45(38)53/h1-32H. The quantitative estimate of drug-likeness (QED) is 0.182. The van der Waals surface area contributed by atoms with E-state index in [-0.39, 0.29) is 0 Å². The first-order chi connectivity index (χ1) is 27.8. The van der Waals surface area contributed by atoms with Crippen molar-refractivity contribution in [1.29, 1.82) is 0 Å². The van der Waals surface area contributed by atoms with Crippen molar-refractivity contribution >= 4 is 21.9 Å². The van der Waals surface area contributed by atoms with Gasteiger partial charge in [-0.1, -0.05) is 170 Å². The number of hydrogen-bond acceptors (Lipinski definition) is 3. The van der Waals surface area contributed by atoms with Gasteiger partial charge in [-0.2, -0.15) is 0 Å². The molecule has 0 atom stereocenters. The summed E-state index contributed by atoms with van der Waals surface area (Å²) in [5, 5.41) is 2.14. The maximum atomic E-state index is 6.49. The van der Waals surface area contributed by atoms with Gasteiger partial charge >= 0.3 is 0 Å². The molecule has 3 nitrogen and oxygen atoms in total. The predicted molar refractivity (Wildman–Crippen MR) is 227 cm³/mol. The first kappa shape index (κ1) is 31.0. The van der Waals surface area contributed by atoms with Crippen molar-refractivity contribution < 1.29 is 4.42 Å². The highest BCUT2D eigenvalue weighted by atomic mass is 16.3. The minimum Gasteiger partial charge on any atom is -0.455 e. The summed E-state index contributed by atoms with van der Waals surface area (Å²) < 4.78 is 6.49. The maximum absolute atomic E-state index is 6.49. The van der Waals surface area contributed by atoms with Gasteiger partial charge in [-0.05, 0) is 79.9 Å². The number of fused-ring (bicyclic) bond motifs is 13. The van der Waals surface area contributed by atoms with Gasteiger partial charge in [-0.3, -0.25) is 0 Å². The van der Waals surface area contributed by atoms with Gasteiger partial charge < -0.3 is 4.42 Å². The van der Waals surface area contributed by atoms with Crippen LogP contribution in [0.4, 0.5) is 0 Å². The van der Waals surface area contributed by atoms with Gasteiger partial charge in [0.05, 0.1) is 22.4 Å². The van der Waals surface area contributed by atoms with E-state index in [1.54, 1.807) is 0 Å². The van der Waals surface area contributed by atoms with E-state index in [1.165, 1.54) is 50.1 Å². The minimum absolute atomic E-state index is 0.445. The lowest BCUT2D eigenvalue weighted by Crippen LogP contribution is -2.26. The summed E-state index contributed by atoms with van der Waals surface area (Å²) in [6.45, 7) is 0. The Morgan fingerprint density at radius 3 is 1.61 bits per heavy atom. The number of hydrogen-bond donors (Lipinski definition) is 0. The molecule has 10 aromatic rings. The molecule has 0 unspecified atom stereocenters. The van der Waals surface area contributed by atoms with E-state index < -0.39 is 5.41 Å². The summed E-state index contributed by atoms with van der Waals surface area (Å²) >= 11 is 0. The molecule has 1 spiro atoms. The van der Waals surface area contributed by atoms with Crippen LogP contribution in [-0.4, -0.2) is 9.97 Å². The molecule has 0 amide bonds. The molecule has 0 N–H and O–H groups in total. The van der Waals surface area contributed by atoms with Crippen molar-refractivity contribution in [2.45, 2.75) is 5.41 Å². The number of para-hydroxylation sites is 2. The highest BCUT2D eigenvalue weighted by molar-refractivity contribution is 6.09. The van der Waals surface area contributed by atoms with Gasteiger partial charge in [-0.15, -0.1) is 0 Å². The Labute approximate surface area is 324 Å². The van der Waals surface area contributed by atoms with E-state index in [0.717, 1.165) is 55.6 Å². The minimum atomic E-state index is -0.445. The molecule has 260 valence electrons. The van der Waals surface area contributed by atoms with Crippen LogP contribution in [0.2, 0.25) is 0 Å². The van der Waals surface area contributed by atoms with Crippen molar-refractivity contribution in [3.05, 3.63) is 216 Å². The molecule has 0 aliphatic heterocycles. The van der Waals surface area contributed by atoms with E-state index in [4.69, 9.17) is 14.4 Å². The van der Waals surface area contributed by atoms with Crippen molar-refractivity contribution in [3.63, 3.8) is 0 Å². The van der Waals surface area contributed by atoms with Crippen LogP contribution < -0.4 is 0 Å². The van der Waals surface area contributed by atoms with E-state index in [1.807, 2.05) is 18.2 Å². The lowest BCUT2D eigenvalue weighted by Gasteiger charge is -2.32. The van der Waals surface area contributed by atoms with Gasteiger partial charge in [0.15, 0.2) is 5.82 Å². The summed E-state index contributed by atoms with van der Waals surface area (Å²) in [7, 11) is 0. The summed E-state index contributed by atoms with van der Waals surface area (Å²) in [5.74, 6) is 0.630. The zero-order valence-electron chi connectivity index (χ0n) is 30.3. The molecule has 2 heterocycles. The molecule has 2 aliphatic carbocycles. The van der Waals surface area contributed by atoms with Crippen LogP contribution in [0, 0.1) is 0 Å². The Balaban J connectivity index is 1.08. The molecule has 8 aromatic carbocycles. The van der Waals surface area contributed by atoms with E-state index in [0.29, 0.717) is 5.82 Å². The fourth-order valence-corrected chi connectivity index (χ4v) is 9.64. The zero-order chi connectivity index (χ0) is 36.8. The predicted octanol–water partition coefficient (Wildman–Crippen LogP) is 13.4. The second-order valence-corrected chi connectivity index (χ2v) is 14.8. The Kier molecular flexibility index (Phi) is 6.55. The van der Waals surface area contributed by atoms with Crippen molar-refractivity contribution in [3.8, 4) is 67.3 Å². The molecule has 56 heavy (non-hydrogen) atoms. The summed E-state index contributed by atoms with van der Waals surface area (Å²) in [6, 6.07) is 69.6. The van der Waals surface area contributed by atoms with Crippen LogP contribution >= 0.6 is 0 Å². The van der Waals surface area contributed by atoms with Gasteiger partial charge in [0.25, 0.3) is 0 Å². The Bertz CT molecular complexity index is 3150. The van der Waals surface area contributed by atoms with Crippen molar-refractivity contribution in [2.24, 2.45) is 0 Å². The summed E-state index contributed by atoms with van der Waals surface area (Å²) in [4.78, 5) is 10.5. The number of aromatic nitrogens is 2. The lowest BCUT2D eigenvalue weighted by atomic mass is 9.68. The smallest absolute Gasteiger partial charge is 0.164 e. The SMILES string of the molecule is c1ccc(-c2cc(-c3cccc(-c4cccc5c4C4(c6ccccc6-c6ccccc64)c4ccccc4-5)c3)nc(-c3cccc4c3oc3ccccc34)n2)cc1. The number of benzene rings is 8. The molecule has 12 rings (SSSR count). The fraction of sp³-hybridized carbons (Fsp3) is 0.0189. The Morgan fingerprint density at radius 2 is 0.857 bits per heavy atom. The van der Waals surface area contributed by atoms with Crippen LogP contribution in [0.5, 0.6) is 0 Å². The fourth-order valence-electron chi connectivity index (χ4n) is 9.64. The topological polar surface area (TPSA) is 38.9 Å². The monoisotopic (exact) mass is 712 g/mol. The summed E-state index contributed by atoms with van der Waals surface area (Å²) in [6.07, 6.45) is 0. The third-order valence-electron chi connectivity index (χ3n) is 11.9. The van der Waals surface area contributed by atoms with Crippen LogP contribution in [-0.2, 0) is 5.41 Å². The van der Waals surface area contributed by atoms with E-state index >= 15 is 0 Å². The Hall–Kier alpha value is -7.36. The Morgan fingerprint density at radius 1 is 0.357 bits per heavy atom. The molecule has 2 aromatic heterocycles. The molecule has 2 aliphatic rings. The lowest BCUT2D eigenvalue weighted by molar-refractivity contribution is 0.669. The molecule has 0 saturated carbocycles. The highest BCUT2D eigenvalue weighted by Gasteiger charge is 2.52. The normalized spacial score (nSPS) is 13.1. The van der Waals surface area contributed by atoms with Gasteiger partial charge in [0.1, 0.15) is 11.2 Å². The molecular formula is C53H32N2O. The molecule has 0 saturated heterocycles. The van der Waals surface area contributed by atoms with Crippen molar-refractivity contribution in [2.75, 3.05) is 0 Å². The molecule has 0 bridgehead atoms. The molecule has 0 radical (unpaired) electrons. The largest absolute Gasteiger partial charge is 0.455 e. The average molecular weight is 713 g/mol. The van der Waals surface area contributed by atoms with Crippen LogP contribution in [0.3, 0.4) is 0 Å². The third-order valence-corrected chi connectivity index (χ3v) is 11.9. The number of furan rings is 1. The highest BCUT2D eigenvalue weighted by Crippen LogP contribution is 2.64. The third kappa shape index (κ3) is 4.28. The van der Waals surface area contributed by atoms with Crippen LogP contribution in [0.15, 0.2) is 199 Å². The van der Waals surface area contributed by atoms with E-state index in [2.05, 4.69) is 176 Å². The van der Waals surface area contributed by atoms with E-state index in [9.17, 15) is 0 Å². The van der Waals surface area contributed by atoms with Gasteiger partial charge in [-0.25, -0.2) is 9.97 Å². The van der Waals surface area contributed by atoms with Crippen LogP contribution in [0.1, 0.15) is 22.3 Å². The van der Waals surface area contributed by atoms with Crippen LogP contribution in [0.25, 0.3) is 89.2 Å². The first-order valence-corrected chi connectivity index (χ1v) is 19.2. The number of rotatable bonds is 4. The second kappa shape index (κ2) is 11.8. The molecule has 3 heteroatoms. The van der Waals surface area contributed by atoms with Gasteiger partial charge in [0.2, 0.25) is 0 Å². The maximum Gasteiger partial charge on any atom is 0.164 e. The molecular weight excluding hydrogens is 681 g/mol. The van der Waals surface area contributed by atoms with Gasteiger partial charge in [0, 0.05) is 21.9 Å². The van der Waals surface area contributed by atoms with Crippen molar-refractivity contribution in [1.82, 2.24) is 9.97 Å². The second-order valence-electron chi connectivity index (χ2n) is 14.8.